The van der Waals surface area contributed by atoms with Gasteiger partial charge in [0.1, 0.15) is 0 Å². The first-order valence-corrected chi connectivity index (χ1v) is 7.24. The molecule has 0 radical (unpaired) electrons. The SMILES string of the molecule is O=C(CSc1ccccn1)NN=Cc1ccc([N+](=O)[O-])cc1. The Morgan fingerprint density at radius 1 is 1.32 bits per heavy atom. The van der Waals surface area contributed by atoms with E-state index in [1.165, 1.54) is 30.1 Å². The van der Waals surface area contributed by atoms with Crippen molar-refractivity contribution in [2.75, 3.05) is 5.75 Å². The van der Waals surface area contributed by atoms with Crippen molar-refractivity contribution >= 4 is 29.6 Å². The number of rotatable bonds is 6. The van der Waals surface area contributed by atoms with Gasteiger partial charge in [-0.15, -0.1) is 0 Å². The maximum absolute atomic E-state index is 11.6. The lowest BCUT2D eigenvalue weighted by Gasteiger charge is -1.99. The molecule has 1 heterocycles. The summed E-state index contributed by atoms with van der Waals surface area (Å²) in [6.45, 7) is 0. The van der Waals surface area contributed by atoms with E-state index in [-0.39, 0.29) is 17.3 Å². The molecule has 0 saturated carbocycles. The number of carbonyl (C=O) groups excluding carboxylic acids is 1. The van der Waals surface area contributed by atoms with Gasteiger partial charge in [0.05, 0.1) is 21.9 Å². The molecule has 2 rings (SSSR count). The van der Waals surface area contributed by atoms with Crippen molar-refractivity contribution in [3.05, 3.63) is 64.3 Å². The van der Waals surface area contributed by atoms with E-state index in [2.05, 4.69) is 15.5 Å². The molecule has 1 amide bonds. The van der Waals surface area contributed by atoms with E-state index in [1.807, 2.05) is 12.1 Å². The summed E-state index contributed by atoms with van der Waals surface area (Å²) in [6, 6.07) is 11.3. The summed E-state index contributed by atoms with van der Waals surface area (Å²) >= 11 is 1.31. The number of nitrogens with zero attached hydrogens (tertiary/aromatic N) is 3. The van der Waals surface area contributed by atoms with Gasteiger partial charge in [0, 0.05) is 18.3 Å². The van der Waals surface area contributed by atoms with E-state index in [1.54, 1.807) is 24.4 Å². The van der Waals surface area contributed by atoms with Crippen molar-refractivity contribution < 1.29 is 9.72 Å². The van der Waals surface area contributed by atoms with Crippen LogP contribution >= 0.6 is 11.8 Å². The Bertz CT molecular complexity index is 674. The van der Waals surface area contributed by atoms with Gasteiger partial charge < -0.3 is 0 Å². The summed E-state index contributed by atoms with van der Waals surface area (Å²) in [5.74, 6) is -0.0527. The highest BCUT2D eigenvalue weighted by atomic mass is 32.2. The van der Waals surface area contributed by atoms with E-state index in [9.17, 15) is 14.9 Å². The summed E-state index contributed by atoms with van der Waals surface area (Å²) < 4.78 is 0. The molecule has 0 aliphatic carbocycles. The van der Waals surface area contributed by atoms with Crippen LogP contribution in [0.4, 0.5) is 5.69 Å². The number of hydrogen-bond acceptors (Lipinski definition) is 6. The van der Waals surface area contributed by atoms with Crippen LogP contribution in [0.3, 0.4) is 0 Å². The van der Waals surface area contributed by atoms with Gasteiger partial charge >= 0.3 is 0 Å². The van der Waals surface area contributed by atoms with Crippen molar-refractivity contribution in [1.29, 1.82) is 0 Å². The van der Waals surface area contributed by atoms with Crippen LogP contribution in [0.2, 0.25) is 0 Å². The number of amides is 1. The number of hydrazone groups is 1. The first-order valence-electron chi connectivity index (χ1n) is 6.25. The Labute approximate surface area is 130 Å². The molecule has 0 fully saturated rings. The van der Waals surface area contributed by atoms with E-state index < -0.39 is 4.92 Å². The van der Waals surface area contributed by atoms with Crippen LogP contribution in [0, 0.1) is 10.1 Å². The van der Waals surface area contributed by atoms with Gasteiger partial charge in [0.15, 0.2) is 0 Å². The number of benzene rings is 1. The summed E-state index contributed by atoms with van der Waals surface area (Å²) in [5, 5.41) is 15.1. The lowest BCUT2D eigenvalue weighted by molar-refractivity contribution is -0.384. The zero-order valence-electron chi connectivity index (χ0n) is 11.4. The maximum Gasteiger partial charge on any atom is 0.269 e. The molecule has 0 aliphatic rings. The van der Waals surface area contributed by atoms with Gasteiger partial charge in [-0.1, -0.05) is 17.8 Å². The first kappa shape index (κ1) is 15.6. The molecule has 8 heteroatoms. The minimum absolute atomic E-state index is 0.00736. The van der Waals surface area contributed by atoms with Crippen LogP contribution in [-0.4, -0.2) is 27.8 Å². The van der Waals surface area contributed by atoms with Crippen LogP contribution in [0.25, 0.3) is 0 Å². The third kappa shape index (κ3) is 4.98. The third-order valence-corrected chi connectivity index (χ3v) is 3.44. The molecule has 7 nitrogen and oxygen atoms in total. The molecular formula is C14H12N4O3S. The molecule has 2 aromatic rings. The van der Waals surface area contributed by atoms with E-state index in [0.717, 1.165) is 5.03 Å². The topological polar surface area (TPSA) is 97.5 Å². The number of aromatic nitrogens is 1. The third-order valence-electron chi connectivity index (χ3n) is 2.50. The van der Waals surface area contributed by atoms with Gasteiger partial charge in [0.2, 0.25) is 5.91 Å². The molecule has 1 aromatic carbocycles. The van der Waals surface area contributed by atoms with Crippen LogP contribution < -0.4 is 5.43 Å². The number of non-ortho nitro benzene ring substituents is 1. The standard InChI is InChI=1S/C14H12N4O3S/c19-13(10-22-14-3-1-2-8-15-14)17-16-9-11-4-6-12(7-5-11)18(20)21/h1-9H,10H2,(H,17,19). The molecule has 0 atom stereocenters. The Hall–Kier alpha value is -2.74. The minimum Gasteiger partial charge on any atom is -0.272 e. The highest BCUT2D eigenvalue weighted by molar-refractivity contribution is 7.99. The summed E-state index contributed by atoms with van der Waals surface area (Å²) in [6.07, 6.45) is 3.08. The van der Waals surface area contributed by atoms with Crippen molar-refractivity contribution in [3.8, 4) is 0 Å². The summed E-state index contributed by atoms with van der Waals surface area (Å²) in [7, 11) is 0. The van der Waals surface area contributed by atoms with E-state index in [0.29, 0.717) is 5.56 Å². The average molecular weight is 316 g/mol. The molecule has 0 bridgehead atoms. The predicted octanol–water partition coefficient (Wildman–Crippen LogP) is 2.23. The van der Waals surface area contributed by atoms with Crippen molar-refractivity contribution in [1.82, 2.24) is 10.4 Å². The fourth-order valence-electron chi connectivity index (χ4n) is 1.47. The average Bonchev–Trinajstić information content (AvgIpc) is 2.54. The zero-order valence-corrected chi connectivity index (χ0v) is 12.2. The van der Waals surface area contributed by atoms with Crippen LogP contribution in [0.5, 0.6) is 0 Å². The highest BCUT2D eigenvalue weighted by Crippen LogP contribution is 2.13. The Balaban J connectivity index is 1.79. The number of pyridine rings is 1. The van der Waals surface area contributed by atoms with Crippen molar-refractivity contribution in [2.45, 2.75) is 5.03 Å². The molecule has 0 unspecified atom stereocenters. The normalized spacial score (nSPS) is 10.5. The second-order valence-electron chi connectivity index (χ2n) is 4.10. The number of hydrogen-bond donors (Lipinski definition) is 1. The quantitative estimate of drug-likeness (QED) is 0.381. The second kappa shape index (κ2) is 7.89. The van der Waals surface area contributed by atoms with Gasteiger partial charge in [-0.05, 0) is 29.8 Å². The smallest absolute Gasteiger partial charge is 0.269 e. The number of thioether (sulfide) groups is 1. The van der Waals surface area contributed by atoms with E-state index >= 15 is 0 Å². The fraction of sp³-hybridized carbons (Fsp3) is 0.0714. The first-order chi connectivity index (χ1) is 10.6. The Morgan fingerprint density at radius 3 is 2.73 bits per heavy atom. The number of nitro groups is 1. The van der Waals surface area contributed by atoms with Crippen LogP contribution in [0.15, 0.2) is 58.8 Å². The molecule has 1 aromatic heterocycles. The van der Waals surface area contributed by atoms with Gasteiger partial charge in [-0.25, -0.2) is 10.4 Å². The molecular weight excluding hydrogens is 304 g/mol. The van der Waals surface area contributed by atoms with Crippen molar-refractivity contribution in [2.24, 2.45) is 5.10 Å². The van der Waals surface area contributed by atoms with Gasteiger partial charge in [-0.3, -0.25) is 14.9 Å². The molecule has 112 valence electrons. The lowest BCUT2D eigenvalue weighted by atomic mass is 10.2. The number of carbonyl (C=O) groups is 1. The fourth-order valence-corrected chi connectivity index (χ4v) is 2.12. The summed E-state index contributed by atoms with van der Waals surface area (Å²) in [5.41, 5.74) is 3.05. The van der Waals surface area contributed by atoms with E-state index in [4.69, 9.17) is 0 Å². The number of nitro benzene ring substituents is 1. The molecule has 22 heavy (non-hydrogen) atoms. The Morgan fingerprint density at radius 2 is 2.09 bits per heavy atom. The maximum atomic E-state index is 11.6. The second-order valence-corrected chi connectivity index (χ2v) is 5.09. The van der Waals surface area contributed by atoms with Gasteiger partial charge in [-0.2, -0.15) is 5.10 Å². The lowest BCUT2D eigenvalue weighted by Crippen LogP contribution is -2.19. The summed E-state index contributed by atoms with van der Waals surface area (Å²) in [4.78, 5) is 25.7. The van der Waals surface area contributed by atoms with Crippen LogP contribution in [0.1, 0.15) is 5.56 Å². The molecule has 0 aliphatic heterocycles. The minimum atomic E-state index is -0.475. The molecule has 0 saturated heterocycles. The molecule has 0 spiro atoms. The van der Waals surface area contributed by atoms with Gasteiger partial charge in [0.25, 0.3) is 5.69 Å². The largest absolute Gasteiger partial charge is 0.272 e. The van der Waals surface area contributed by atoms with Crippen molar-refractivity contribution in [3.63, 3.8) is 0 Å². The highest BCUT2D eigenvalue weighted by Gasteiger charge is 2.03. The van der Waals surface area contributed by atoms with Crippen LogP contribution in [-0.2, 0) is 4.79 Å². The number of nitrogens with one attached hydrogen (secondary N) is 1. The molecule has 1 N–H and O–H groups in total. The predicted molar refractivity (Wildman–Crippen MR) is 83.8 cm³/mol. The Kier molecular flexibility index (Phi) is 5.61. The monoisotopic (exact) mass is 316 g/mol. The zero-order chi connectivity index (χ0) is 15.8.